The van der Waals surface area contributed by atoms with Crippen LogP contribution in [0.4, 0.5) is 0 Å². The highest BCUT2D eigenvalue weighted by Crippen LogP contribution is 2.76. The molecule has 0 bridgehead atoms. The molecule has 0 unspecified atom stereocenters. The number of amides is 1. The average Bonchev–Trinajstić information content (AvgIpc) is 3.31. The highest BCUT2D eigenvalue weighted by molar-refractivity contribution is 6.42. The minimum atomic E-state index is -1.02. The zero-order chi connectivity index (χ0) is 21.5. The quantitative estimate of drug-likeness (QED) is 0.460. The van der Waals surface area contributed by atoms with Gasteiger partial charge in [-0.2, -0.15) is 0 Å². The molecule has 5 rings (SSSR count). The van der Waals surface area contributed by atoms with Crippen molar-refractivity contribution in [3.63, 3.8) is 0 Å². The van der Waals surface area contributed by atoms with Crippen LogP contribution in [0.25, 0.3) is 0 Å². The first-order valence-corrected chi connectivity index (χ1v) is 10.6. The largest absolute Gasteiger partial charge is 0.331 e. The average molecular weight is 409 g/mol. The molecule has 1 saturated carbocycles. The fourth-order valence-corrected chi connectivity index (χ4v) is 5.55. The molecular weight excluding hydrogens is 386 g/mol. The fraction of sp³-hybridized carbons (Fsp3) is 0.222. The van der Waals surface area contributed by atoms with Gasteiger partial charge in [0.1, 0.15) is 6.29 Å². The van der Waals surface area contributed by atoms with E-state index >= 15 is 0 Å². The number of Topliss-reactive ketones (excluding diaryl/α,β-unsaturated/α-hetero) is 1. The summed E-state index contributed by atoms with van der Waals surface area (Å²) in [6.45, 7) is 0.639. The predicted molar refractivity (Wildman–Crippen MR) is 117 cm³/mol. The van der Waals surface area contributed by atoms with Gasteiger partial charge in [-0.1, -0.05) is 91.0 Å². The van der Waals surface area contributed by atoms with E-state index in [0.717, 1.165) is 23.0 Å². The van der Waals surface area contributed by atoms with Crippen LogP contribution in [0, 0.1) is 10.8 Å². The van der Waals surface area contributed by atoms with E-state index in [1.165, 1.54) is 0 Å². The molecule has 3 atom stereocenters. The maximum Gasteiger partial charge on any atom is 0.291 e. The van der Waals surface area contributed by atoms with Gasteiger partial charge >= 0.3 is 0 Å². The number of rotatable bonds is 6. The number of hydrogen-bond acceptors (Lipinski definition) is 3. The molecule has 4 nitrogen and oxygen atoms in total. The Morgan fingerprint density at radius 1 is 0.806 bits per heavy atom. The third-order valence-corrected chi connectivity index (χ3v) is 6.98. The Morgan fingerprint density at radius 3 is 1.94 bits per heavy atom. The summed E-state index contributed by atoms with van der Waals surface area (Å²) >= 11 is 0. The van der Waals surface area contributed by atoms with E-state index in [9.17, 15) is 14.4 Å². The van der Waals surface area contributed by atoms with E-state index < -0.39 is 22.5 Å². The van der Waals surface area contributed by atoms with Crippen LogP contribution in [0.1, 0.15) is 22.6 Å². The van der Waals surface area contributed by atoms with Gasteiger partial charge < -0.3 is 9.69 Å². The van der Waals surface area contributed by atoms with Crippen molar-refractivity contribution in [3.05, 3.63) is 108 Å². The molecule has 1 aliphatic carbocycles. The van der Waals surface area contributed by atoms with Gasteiger partial charge in [-0.15, -0.1) is 0 Å². The number of benzene rings is 3. The van der Waals surface area contributed by atoms with Gasteiger partial charge in [0.25, 0.3) is 5.91 Å². The first-order valence-electron chi connectivity index (χ1n) is 10.6. The third-order valence-electron chi connectivity index (χ3n) is 6.98. The molecule has 154 valence electrons. The Balaban J connectivity index is 1.56. The van der Waals surface area contributed by atoms with Gasteiger partial charge in [0, 0.05) is 19.0 Å². The number of carbonyl (C=O) groups is 3. The van der Waals surface area contributed by atoms with E-state index in [4.69, 9.17) is 0 Å². The number of nitrogens with zero attached hydrogens (tertiary/aromatic N) is 1. The number of hydrogen-bond donors (Lipinski definition) is 0. The van der Waals surface area contributed by atoms with E-state index in [1.54, 1.807) is 4.90 Å². The maximum atomic E-state index is 13.5. The molecule has 0 radical (unpaired) electrons. The van der Waals surface area contributed by atoms with Crippen molar-refractivity contribution in [3.8, 4) is 0 Å². The minimum Gasteiger partial charge on any atom is -0.331 e. The van der Waals surface area contributed by atoms with Crippen LogP contribution in [0.15, 0.2) is 91.0 Å². The number of aldehydes is 1. The summed E-state index contributed by atoms with van der Waals surface area (Å²) in [6.07, 6.45) is 1.38. The Bertz CT molecular complexity index is 1130. The van der Waals surface area contributed by atoms with Crippen LogP contribution in [0.3, 0.4) is 0 Å². The van der Waals surface area contributed by atoms with Crippen LogP contribution < -0.4 is 0 Å². The normalized spacial score (nSPS) is 27.0. The van der Waals surface area contributed by atoms with Crippen molar-refractivity contribution in [2.24, 2.45) is 10.8 Å². The second-order valence-corrected chi connectivity index (χ2v) is 8.61. The predicted octanol–water partition coefficient (Wildman–Crippen LogP) is 3.81. The summed E-state index contributed by atoms with van der Waals surface area (Å²) < 4.78 is 0. The van der Waals surface area contributed by atoms with Crippen molar-refractivity contribution in [1.82, 2.24) is 4.90 Å². The van der Waals surface area contributed by atoms with Gasteiger partial charge in [-0.3, -0.25) is 9.59 Å². The lowest BCUT2D eigenvalue weighted by Gasteiger charge is -2.17. The molecule has 3 aromatic rings. The van der Waals surface area contributed by atoms with Crippen LogP contribution in [0.2, 0.25) is 0 Å². The van der Waals surface area contributed by atoms with Crippen molar-refractivity contribution in [1.29, 1.82) is 0 Å². The van der Waals surface area contributed by atoms with Gasteiger partial charge in [0.2, 0.25) is 5.78 Å². The molecule has 4 heteroatoms. The standard InChI is InChI=1S/C27H23NO3/c29-19-26(16-20-10-4-1-5-11-20)23(22-14-8-3-9-15-22)27(26)18-28(25(31)24(27)30)17-21-12-6-2-7-13-21/h1-15,19,23H,16-18H2/t23-,26+,27+/m0/s1. The Hall–Kier alpha value is -3.53. The molecule has 1 amide bonds. The van der Waals surface area contributed by atoms with Gasteiger partial charge in [-0.05, 0) is 23.1 Å². The molecule has 1 heterocycles. The highest BCUT2D eigenvalue weighted by atomic mass is 16.2. The Kier molecular flexibility index (Phi) is 4.58. The summed E-state index contributed by atoms with van der Waals surface area (Å²) in [7, 11) is 0. The molecule has 31 heavy (non-hydrogen) atoms. The summed E-state index contributed by atoms with van der Waals surface area (Å²) in [5.41, 5.74) is 0.964. The van der Waals surface area contributed by atoms with Gasteiger partial charge in [-0.25, -0.2) is 0 Å². The first-order chi connectivity index (χ1) is 15.1. The molecule has 1 saturated heterocycles. The zero-order valence-corrected chi connectivity index (χ0v) is 17.1. The lowest BCUT2D eigenvalue weighted by atomic mass is 9.86. The van der Waals surface area contributed by atoms with Crippen molar-refractivity contribution < 1.29 is 14.4 Å². The third kappa shape index (κ3) is 2.86. The summed E-state index contributed by atoms with van der Waals surface area (Å²) in [5.74, 6) is -1.22. The van der Waals surface area contributed by atoms with Crippen LogP contribution in [-0.2, 0) is 27.3 Å². The molecule has 0 N–H and O–H groups in total. The first kappa shape index (κ1) is 19.4. The molecule has 1 aliphatic heterocycles. The number of likely N-dealkylation sites (tertiary alicyclic amines) is 1. The van der Waals surface area contributed by atoms with Crippen LogP contribution in [-0.4, -0.2) is 29.4 Å². The van der Waals surface area contributed by atoms with Crippen molar-refractivity contribution >= 4 is 18.0 Å². The van der Waals surface area contributed by atoms with E-state index in [-0.39, 0.29) is 12.5 Å². The monoisotopic (exact) mass is 409 g/mol. The fourth-order valence-electron chi connectivity index (χ4n) is 5.55. The molecule has 3 aromatic carbocycles. The van der Waals surface area contributed by atoms with Crippen LogP contribution in [0.5, 0.6) is 0 Å². The van der Waals surface area contributed by atoms with Crippen molar-refractivity contribution in [2.45, 2.75) is 18.9 Å². The lowest BCUT2D eigenvalue weighted by molar-refractivity contribution is -0.141. The topological polar surface area (TPSA) is 54.5 Å². The zero-order valence-electron chi connectivity index (χ0n) is 17.1. The number of ketones is 1. The second kappa shape index (κ2) is 7.31. The van der Waals surface area contributed by atoms with Crippen molar-refractivity contribution in [2.75, 3.05) is 6.54 Å². The molecule has 2 fully saturated rings. The Morgan fingerprint density at radius 2 is 1.35 bits per heavy atom. The van der Waals surface area contributed by atoms with E-state index in [0.29, 0.717) is 13.0 Å². The van der Waals surface area contributed by atoms with Gasteiger partial charge in [0.15, 0.2) is 0 Å². The summed E-state index contributed by atoms with van der Waals surface area (Å²) in [5, 5.41) is 0. The molecule has 0 aromatic heterocycles. The molecule has 1 spiro atoms. The van der Waals surface area contributed by atoms with E-state index in [1.807, 2.05) is 91.0 Å². The summed E-state index contributed by atoms with van der Waals surface area (Å²) in [4.78, 5) is 40.8. The second-order valence-electron chi connectivity index (χ2n) is 8.61. The van der Waals surface area contributed by atoms with Gasteiger partial charge in [0.05, 0.1) is 10.8 Å². The molecular formula is C27H23NO3. The lowest BCUT2D eigenvalue weighted by Crippen LogP contribution is -2.26. The summed E-state index contributed by atoms with van der Waals surface area (Å²) in [6, 6.07) is 29.1. The van der Waals surface area contributed by atoms with E-state index in [2.05, 4.69) is 0 Å². The smallest absolute Gasteiger partial charge is 0.291 e. The van der Waals surface area contributed by atoms with Crippen LogP contribution >= 0.6 is 0 Å². The minimum absolute atomic E-state index is 0.269. The maximum absolute atomic E-state index is 13.5. The highest BCUT2D eigenvalue weighted by Gasteiger charge is 2.83. The SMILES string of the molecule is O=C[C@]1(Cc2ccccc2)[C@H](c2ccccc2)[C@@]12CN(Cc1ccccc1)C(=O)C2=O. The number of carbonyl (C=O) groups excluding carboxylic acids is 3. The molecule has 2 aliphatic rings. The Labute approximate surface area is 181 Å².